The molecule has 1 N–H and O–H groups in total. The summed E-state index contributed by atoms with van der Waals surface area (Å²) in [7, 11) is 1.87. The number of rotatable bonds is 7. The summed E-state index contributed by atoms with van der Waals surface area (Å²) in [5.41, 5.74) is 2.16. The van der Waals surface area contributed by atoms with E-state index < -0.39 is 0 Å². The number of nitrogens with one attached hydrogen (secondary N) is 1. The first kappa shape index (κ1) is 16.2. The molecule has 0 heterocycles. The fourth-order valence-corrected chi connectivity index (χ4v) is 2.34. The summed E-state index contributed by atoms with van der Waals surface area (Å²) in [5.74, 6) is -0.167. The van der Waals surface area contributed by atoms with Gasteiger partial charge in [-0.05, 0) is 31.5 Å². The highest BCUT2D eigenvalue weighted by atomic mass is 16.5. The molecule has 0 unspecified atom stereocenters. The molecule has 116 valence electrons. The number of benzene rings is 2. The highest BCUT2D eigenvalue weighted by molar-refractivity contribution is 5.70. The quantitative estimate of drug-likeness (QED) is 0.795. The summed E-state index contributed by atoms with van der Waals surface area (Å²) >= 11 is 0. The smallest absolute Gasteiger partial charge is 0.306 e. The van der Waals surface area contributed by atoms with Crippen LogP contribution in [0.1, 0.15) is 30.6 Å². The molecule has 3 heteroatoms. The van der Waals surface area contributed by atoms with E-state index in [-0.39, 0.29) is 18.1 Å². The van der Waals surface area contributed by atoms with Gasteiger partial charge in [0.05, 0.1) is 0 Å². The van der Waals surface area contributed by atoms with Crippen LogP contribution in [-0.2, 0) is 16.0 Å². The van der Waals surface area contributed by atoms with E-state index in [1.165, 1.54) is 0 Å². The van der Waals surface area contributed by atoms with Gasteiger partial charge in [0.15, 0.2) is 0 Å². The molecule has 0 amide bonds. The normalized spacial score (nSPS) is 13.4. The van der Waals surface area contributed by atoms with E-state index in [4.69, 9.17) is 4.74 Å². The summed E-state index contributed by atoms with van der Waals surface area (Å²) in [4.78, 5) is 12.2. The monoisotopic (exact) mass is 297 g/mol. The number of esters is 1. The van der Waals surface area contributed by atoms with E-state index in [1.807, 2.05) is 74.6 Å². The molecule has 0 bridgehead atoms. The van der Waals surface area contributed by atoms with Crippen LogP contribution in [0, 0.1) is 0 Å². The van der Waals surface area contributed by atoms with Gasteiger partial charge in [-0.2, -0.15) is 0 Å². The predicted octanol–water partition coefficient (Wildman–Crippen LogP) is 3.51. The Kier molecular flexibility index (Phi) is 6.16. The first-order valence-electron chi connectivity index (χ1n) is 7.66. The lowest BCUT2D eigenvalue weighted by atomic mass is 10.0. The standard InChI is InChI=1S/C19H23NO2/c1-15(20-2)19(17-11-7-4-8-12-17)22-18(21)14-13-16-9-5-3-6-10-16/h3-12,15,19-20H,13-14H2,1-2H3/t15-,19+/m1/s1. The minimum absolute atomic E-state index is 0.0584. The predicted molar refractivity (Wildman–Crippen MR) is 88.6 cm³/mol. The van der Waals surface area contributed by atoms with Gasteiger partial charge in [0.2, 0.25) is 0 Å². The van der Waals surface area contributed by atoms with Gasteiger partial charge in [-0.3, -0.25) is 4.79 Å². The molecule has 0 aliphatic rings. The van der Waals surface area contributed by atoms with Gasteiger partial charge in [0.25, 0.3) is 0 Å². The van der Waals surface area contributed by atoms with Crippen molar-refractivity contribution in [2.75, 3.05) is 7.05 Å². The summed E-state index contributed by atoms with van der Waals surface area (Å²) in [6.07, 6.45) is 0.827. The maximum absolute atomic E-state index is 12.2. The molecule has 22 heavy (non-hydrogen) atoms. The maximum atomic E-state index is 12.2. The molecule has 2 rings (SSSR count). The average Bonchev–Trinajstić information content (AvgIpc) is 2.59. The lowest BCUT2D eigenvalue weighted by molar-refractivity contribution is -0.150. The molecule has 0 radical (unpaired) electrons. The Labute approximate surface area is 132 Å². The Hall–Kier alpha value is -2.13. The minimum Gasteiger partial charge on any atom is -0.456 e. The maximum Gasteiger partial charge on any atom is 0.306 e. The van der Waals surface area contributed by atoms with Crippen LogP contribution in [0.3, 0.4) is 0 Å². The molecule has 0 fully saturated rings. The van der Waals surface area contributed by atoms with Gasteiger partial charge in [-0.25, -0.2) is 0 Å². The van der Waals surface area contributed by atoms with Crippen molar-refractivity contribution in [2.45, 2.75) is 31.9 Å². The van der Waals surface area contributed by atoms with E-state index in [9.17, 15) is 4.79 Å². The summed E-state index contributed by atoms with van der Waals surface area (Å²) in [6.45, 7) is 2.02. The Morgan fingerprint density at radius 2 is 1.64 bits per heavy atom. The Morgan fingerprint density at radius 3 is 2.23 bits per heavy atom. The topological polar surface area (TPSA) is 38.3 Å². The molecule has 0 spiro atoms. The van der Waals surface area contributed by atoms with Crippen LogP contribution in [0.4, 0.5) is 0 Å². The first-order chi connectivity index (χ1) is 10.7. The molecule has 0 aliphatic carbocycles. The molecule has 0 saturated heterocycles. The van der Waals surface area contributed by atoms with Crippen LogP contribution in [0.2, 0.25) is 0 Å². The number of likely N-dealkylation sites (N-methyl/N-ethyl adjacent to an activating group) is 1. The van der Waals surface area contributed by atoms with Gasteiger partial charge in [-0.1, -0.05) is 60.7 Å². The highest BCUT2D eigenvalue weighted by Crippen LogP contribution is 2.22. The van der Waals surface area contributed by atoms with Crippen LogP contribution in [0.25, 0.3) is 0 Å². The Balaban J connectivity index is 1.96. The third kappa shape index (κ3) is 4.71. The van der Waals surface area contributed by atoms with Gasteiger partial charge in [-0.15, -0.1) is 0 Å². The zero-order chi connectivity index (χ0) is 15.8. The molecule has 2 aromatic carbocycles. The van der Waals surface area contributed by atoms with E-state index in [0.717, 1.165) is 11.1 Å². The Bertz CT molecular complexity index is 569. The summed E-state index contributed by atoms with van der Waals surface area (Å²) in [5, 5.41) is 3.17. The van der Waals surface area contributed by atoms with Crippen molar-refractivity contribution in [3.05, 3.63) is 71.8 Å². The van der Waals surface area contributed by atoms with Crippen molar-refractivity contribution in [3.63, 3.8) is 0 Å². The van der Waals surface area contributed by atoms with Crippen molar-refractivity contribution in [1.82, 2.24) is 5.32 Å². The number of hydrogen-bond acceptors (Lipinski definition) is 3. The first-order valence-corrected chi connectivity index (χ1v) is 7.66. The number of hydrogen-bond donors (Lipinski definition) is 1. The second kappa shape index (κ2) is 8.35. The fourth-order valence-electron chi connectivity index (χ4n) is 2.34. The van der Waals surface area contributed by atoms with Crippen LogP contribution in [0.15, 0.2) is 60.7 Å². The zero-order valence-corrected chi connectivity index (χ0v) is 13.2. The molecule has 0 aromatic heterocycles. The summed E-state index contributed by atoms with van der Waals surface area (Å²) in [6, 6.07) is 19.9. The molecule has 2 aromatic rings. The van der Waals surface area contributed by atoms with Crippen molar-refractivity contribution in [2.24, 2.45) is 0 Å². The lowest BCUT2D eigenvalue weighted by Crippen LogP contribution is -2.32. The van der Waals surface area contributed by atoms with Crippen LogP contribution < -0.4 is 5.32 Å². The molecule has 0 aliphatic heterocycles. The minimum atomic E-state index is -0.269. The number of carbonyl (C=O) groups is 1. The SMILES string of the molecule is CN[C@H](C)[C@H](OC(=O)CCc1ccccc1)c1ccccc1. The average molecular weight is 297 g/mol. The van der Waals surface area contributed by atoms with E-state index in [0.29, 0.717) is 12.8 Å². The highest BCUT2D eigenvalue weighted by Gasteiger charge is 2.22. The number of carbonyl (C=O) groups excluding carboxylic acids is 1. The van der Waals surface area contributed by atoms with Crippen molar-refractivity contribution < 1.29 is 9.53 Å². The summed E-state index contributed by atoms with van der Waals surface area (Å²) < 4.78 is 5.71. The fraction of sp³-hybridized carbons (Fsp3) is 0.316. The van der Waals surface area contributed by atoms with Crippen molar-refractivity contribution >= 4 is 5.97 Å². The third-order valence-electron chi connectivity index (χ3n) is 3.76. The molecular formula is C19H23NO2. The van der Waals surface area contributed by atoms with Gasteiger partial charge < -0.3 is 10.1 Å². The molecule has 3 nitrogen and oxygen atoms in total. The van der Waals surface area contributed by atoms with Gasteiger partial charge in [0.1, 0.15) is 6.10 Å². The number of ether oxygens (including phenoxy) is 1. The molecular weight excluding hydrogens is 274 g/mol. The van der Waals surface area contributed by atoms with Crippen LogP contribution in [0.5, 0.6) is 0 Å². The number of aryl methyl sites for hydroxylation is 1. The zero-order valence-electron chi connectivity index (χ0n) is 13.2. The van der Waals surface area contributed by atoms with Gasteiger partial charge in [0, 0.05) is 12.5 Å². The third-order valence-corrected chi connectivity index (χ3v) is 3.76. The largest absolute Gasteiger partial charge is 0.456 e. The molecule has 0 saturated carbocycles. The van der Waals surface area contributed by atoms with Crippen molar-refractivity contribution in [1.29, 1.82) is 0 Å². The van der Waals surface area contributed by atoms with Crippen LogP contribution in [-0.4, -0.2) is 19.1 Å². The van der Waals surface area contributed by atoms with E-state index >= 15 is 0 Å². The van der Waals surface area contributed by atoms with Gasteiger partial charge >= 0.3 is 5.97 Å². The van der Waals surface area contributed by atoms with Crippen molar-refractivity contribution in [3.8, 4) is 0 Å². The second-order valence-corrected chi connectivity index (χ2v) is 5.38. The van der Waals surface area contributed by atoms with Crippen LogP contribution >= 0.6 is 0 Å². The second-order valence-electron chi connectivity index (χ2n) is 5.38. The molecule has 2 atom stereocenters. The lowest BCUT2D eigenvalue weighted by Gasteiger charge is -2.24. The van der Waals surface area contributed by atoms with E-state index in [1.54, 1.807) is 0 Å². The van der Waals surface area contributed by atoms with E-state index in [2.05, 4.69) is 5.32 Å². The Morgan fingerprint density at radius 1 is 1.05 bits per heavy atom.